The molecule has 0 spiro atoms. The van der Waals surface area contributed by atoms with Crippen molar-refractivity contribution in [3.8, 4) is 0 Å². The van der Waals surface area contributed by atoms with Crippen LogP contribution in [-0.4, -0.2) is 35.2 Å². The Labute approximate surface area is 138 Å². The van der Waals surface area contributed by atoms with Gasteiger partial charge in [0.25, 0.3) is 0 Å². The van der Waals surface area contributed by atoms with E-state index in [-0.39, 0.29) is 6.10 Å². The number of rotatable bonds is 3. The molecular weight excluding hydrogens is 316 g/mol. The maximum Gasteiger partial charge on any atom is 0.147 e. The normalized spacial score (nSPS) is 25.3. The van der Waals surface area contributed by atoms with Gasteiger partial charge in [-0.2, -0.15) is 0 Å². The lowest BCUT2D eigenvalue weighted by atomic mass is 9.89. The first-order valence-corrected chi connectivity index (χ1v) is 9.69. The summed E-state index contributed by atoms with van der Waals surface area (Å²) in [6.07, 6.45) is 6.61. The second kappa shape index (κ2) is 6.43. The average molecular weight is 336 g/mol. The van der Waals surface area contributed by atoms with E-state index in [1.165, 1.54) is 35.1 Å². The van der Waals surface area contributed by atoms with E-state index in [4.69, 9.17) is 9.47 Å². The van der Waals surface area contributed by atoms with Gasteiger partial charge in [-0.15, -0.1) is 23.1 Å². The minimum atomic E-state index is 0.276. The number of ether oxygens (including phenoxy) is 2. The van der Waals surface area contributed by atoms with Crippen molar-refractivity contribution < 1.29 is 9.47 Å². The summed E-state index contributed by atoms with van der Waals surface area (Å²) < 4.78 is 10.9. The lowest BCUT2D eigenvalue weighted by molar-refractivity contribution is -0.130. The van der Waals surface area contributed by atoms with Crippen LogP contribution in [0.5, 0.6) is 0 Å². The minimum Gasteiger partial charge on any atom is -0.355 e. The molecule has 4 rings (SSSR count). The first-order valence-electron chi connectivity index (χ1n) is 7.88. The average Bonchev–Trinajstić information content (AvgIpc) is 2.91. The van der Waals surface area contributed by atoms with Crippen molar-refractivity contribution in [1.29, 1.82) is 0 Å². The predicted octanol–water partition coefficient (Wildman–Crippen LogP) is 3.67. The molecule has 118 valence electrons. The molecule has 1 aliphatic carbocycles. The van der Waals surface area contributed by atoms with Crippen LogP contribution in [0.25, 0.3) is 10.2 Å². The van der Waals surface area contributed by atoms with Crippen molar-refractivity contribution in [2.24, 2.45) is 5.92 Å². The molecular formula is C16H20N2O2S2. The molecule has 0 saturated carbocycles. The summed E-state index contributed by atoms with van der Waals surface area (Å²) >= 11 is 3.67. The van der Waals surface area contributed by atoms with Crippen LogP contribution >= 0.6 is 23.1 Å². The molecule has 2 aliphatic rings. The summed E-state index contributed by atoms with van der Waals surface area (Å²) in [5.74, 6) is 1.73. The molecule has 1 saturated heterocycles. The van der Waals surface area contributed by atoms with Crippen LogP contribution in [0.2, 0.25) is 0 Å². The first-order chi connectivity index (χ1) is 10.8. The Hall–Kier alpha value is -0.690. The van der Waals surface area contributed by atoms with Crippen molar-refractivity contribution >= 4 is 33.3 Å². The van der Waals surface area contributed by atoms with E-state index in [1.807, 2.05) is 23.1 Å². The van der Waals surface area contributed by atoms with E-state index in [2.05, 4.69) is 16.9 Å². The third-order valence-corrected chi connectivity index (χ3v) is 6.72. The van der Waals surface area contributed by atoms with Gasteiger partial charge in [0, 0.05) is 16.0 Å². The Bertz CT molecular complexity index is 667. The Balaban J connectivity index is 1.60. The number of hydrogen-bond donors (Lipinski definition) is 0. The highest BCUT2D eigenvalue weighted by molar-refractivity contribution is 7.99. The molecule has 1 aliphatic heterocycles. The molecule has 22 heavy (non-hydrogen) atoms. The van der Waals surface area contributed by atoms with Crippen LogP contribution in [0.1, 0.15) is 30.2 Å². The second-order valence-electron chi connectivity index (χ2n) is 6.13. The predicted molar refractivity (Wildman–Crippen MR) is 89.6 cm³/mol. The molecule has 6 heteroatoms. The number of hydrogen-bond acceptors (Lipinski definition) is 6. The summed E-state index contributed by atoms with van der Waals surface area (Å²) in [4.78, 5) is 11.8. The fraction of sp³-hybridized carbons (Fsp3) is 0.625. The van der Waals surface area contributed by atoms with Gasteiger partial charge in [-0.05, 0) is 37.2 Å². The maximum atomic E-state index is 5.64. The summed E-state index contributed by atoms with van der Waals surface area (Å²) in [7, 11) is 0. The molecule has 0 N–H and O–H groups in total. The summed E-state index contributed by atoms with van der Waals surface area (Å²) in [5.41, 5.74) is 1.51. The topological polar surface area (TPSA) is 44.2 Å². The Morgan fingerprint density at radius 1 is 1.36 bits per heavy atom. The molecule has 0 aromatic carbocycles. The largest absolute Gasteiger partial charge is 0.355 e. The molecule has 2 aromatic heterocycles. The van der Waals surface area contributed by atoms with Crippen LogP contribution in [0.3, 0.4) is 0 Å². The summed E-state index contributed by atoms with van der Waals surface area (Å²) in [5, 5.41) is 2.44. The fourth-order valence-corrected chi connectivity index (χ4v) is 5.67. The van der Waals surface area contributed by atoms with Gasteiger partial charge < -0.3 is 9.47 Å². The Morgan fingerprint density at radius 2 is 2.32 bits per heavy atom. The highest BCUT2D eigenvalue weighted by Gasteiger charge is 2.24. The van der Waals surface area contributed by atoms with Crippen LogP contribution < -0.4 is 0 Å². The van der Waals surface area contributed by atoms with Crippen LogP contribution in [-0.2, 0) is 22.3 Å². The number of thiophene rings is 1. The number of aromatic nitrogens is 2. The zero-order valence-corrected chi connectivity index (χ0v) is 14.3. The summed E-state index contributed by atoms with van der Waals surface area (Å²) in [6, 6.07) is 0. The smallest absolute Gasteiger partial charge is 0.147 e. The molecule has 2 atom stereocenters. The van der Waals surface area contributed by atoms with E-state index in [0.29, 0.717) is 6.79 Å². The number of nitrogens with zero attached hydrogens (tertiary/aromatic N) is 2. The number of fused-ring (bicyclic) bond motifs is 3. The van der Waals surface area contributed by atoms with Crippen molar-refractivity contribution in [3.63, 3.8) is 0 Å². The second-order valence-corrected chi connectivity index (χ2v) is 8.22. The lowest BCUT2D eigenvalue weighted by Crippen LogP contribution is -2.25. The van der Waals surface area contributed by atoms with Gasteiger partial charge in [0.1, 0.15) is 23.0 Å². The van der Waals surface area contributed by atoms with Crippen LogP contribution in [0.4, 0.5) is 0 Å². The number of thioether (sulfide) groups is 1. The summed E-state index contributed by atoms with van der Waals surface area (Å²) in [6.45, 7) is 3.57. The van der Waals surface area contributed by atoms with Crippen LogP contribution in [0, 0.1) is 5.92 Å². The van der Waals surface area contributed by atoms with Gasteiger partial charge in [0.05, 0.1) is 12.7 Å². The van der Waals surface area contributed by atoms with Crippen molar-refractivity contribution in [2.45, 2.75) is 43.7 Å². The maximum absolute atomic E-state index is 5.64. The van der Waals surface area contributed by atoms with E-state index >= 15 is 0 Å². The molecule has 0 amide bonds. The SMILES string of the molecule is C[C@H]1CCc2c(sc3ncnc(SC[C@H]4CCOCO4)c23)C1. The molecule has 0 unspecified atom stereocenters. The standard InChI is InChI=1S/C16H20N2O2S2/c1-10-2-3-12-13(6-10)22-16-14(12)15(17-8-18-16)21-7-11-4-5-19-9-20-11/h8,10-11H,2-7,9H2,1H3/t10-,11+/m0/s1. The highest BCUT2D eigenvalue weighted by atomic mass is 32.2. The fourth-order valence-electron chi connectivity index (χ4n) is 3.16. The highest BCUT2D eigenvalue weighted by Crippen LogP contribution is 2.40. The van der Waals surface area contributed by atoms with E-state index in [9.17, 15) is 0 Å². The van der Waals surface area contributed by atoms with Crippen molar-refractivity contribution in [1.82, 2.24) is 9.97 Å². The van der Waals surface area contributed by atoms with E-state index < -0.39 is 0 Å². The molecule has 2 aromatic rings. The monoisotopic (exact) mass is 336 g/mol. The zero-order chi connectivity index (χ0) is 14.9. The third kappa shape index (κ3) is 2.89. The third-order valence-electron chi connectivity index (χ3n) is 4.43. The lowest BCUT2D eigenvalue weighted by Gasteiger charge is -2.22. The number of aryl methyl sites for hydroxylation is 1. The Morgan fingerprint density at radius 3 is 3.18 bits per heavy atom. The Kier molecular flexibility index (Phi) is 4.35. The van der Waals surface area contributed by atoms with Gasteiger partial charge in [0.2, 0.25) is 0 Å². The minimum absolute atomic E-state index is 0.276. The van der Waals surface area contributed by atoms with Crippen molar-refractivity contribution in [3.05, 3.63) is 16.8 Å². The molecule has 3 heterocycles. The zero-order valence-electron chi connectivity index (χ0n) is 12.7. The molecule has 0 radical (unpaired) electrons. The van der Waals surface area contributed by atoms with Gasteiger partial charge in [0.15, 0.2) is 0 Å². The molecule has 4 nitrogen and oxygen atoms in total. The van der Waals surface area contributed by atoms with E-state index in [0.717, 1.165) is 34.6 Å². The van der Waals surface area contributed by atoms with Crippen molar-refractivity contribution in [2.75, 3.05) is 19.2 Å². The molecule has 1 fully saturated rings. The first kappa shape index (κ1) is 14.9. The van der Waals surface area contributed by atoms with Gasteiger partial charge in [-0.3, -0.25) is 0 Å². The molecule has 0 bridgehead atoms. The van der Waals surface area contributed by atoms with E-state index in [1.54, 1.807) is 6.33 Å². The van der Waals surface area contributed by atoms with Crippen LogP contribution in [0.15, 0.2) is 11.4 Å². The quantitative estimate of drug-likeness (QED) is 0.632. The van der Waals surface area contributed by atoms with Gasteiger partial charge in [-0.1, -0.05) is 6.92 Å². The van der Waals surface area contributed by atoms with Gasteiger partial charge >= 0.3 is 0 Å². The van der Waals surface area contributed by atoms with Gasteiger partial charge in [-0.25, -0.2) is 9.97 Å².